The number of rotatable bonds is 6. The van der Waals surface area contributed by atoms with E-state index in [1.165, 1.54) is 17.7 Å². The second kappa shape index (κ2) is 10.5. The molecule has 1 saturated heterocycles. The van der Waals surface area contributed by atoms with Crippen molar-refractivity contribution >= 4 is 22.9 Å². The van der Waals surface area contributed by atoms with Gasteiger partial charge in [-0.3, -0.25) is 0 Å². The maximum atomic E-state index is 13.3. The zero-order valence-electron chi connectivity index (χ0n) is 16.8. The zero-order chi connectivity index (χ0) is 22.2. The number of aromatic nitrogens is 1. The Morgan fingerprint density at radius 2 is 1.84 bits per heavy atom. The van der Waals surface area contributed by atoms with Gasteiger partial charge in [0.05, 0.1) is 5.69 Å². The van der Waals surface area contributed by atoms with Crippen LogP contribution in [0.1, 0.15) is 23.6 Å². The number of carbonyl (C=O) groups is 2. The van der Waals surface area contributed by atoms with Crippen LogP contribution in [-0.4, -0.2) is 51.8 Å². The highest BCUT2D eigenvalue weighted by molar-refractivity contribution is 5.89. The molecular weight excluding hydrogens is 403 g/mol. The molecule has 2 N–H and O–H groups in total. The van der Waals surface area contributed by atoms with E-state index in [4.69, 9.17) is 14.7 Å². The third-order valence-electron chi connectivity index (χ3n) is 5.05. The Morgan fingerprint density at radius 1 is 1.13 bits per heavy atom. The van der Waals surface area contributed by atoms with Crippen molar-refractivity contribution in [1.29, 1.82) is 0 Å². The summed E-state index contributed by atoms with van der Waals surface area (Å²) in [6.07, 6.45) is 3.26. The van der Waals surface area contributed by atoms with Gasteiger partial charge in [-0.1, -0.05) is 35.5 Å². The first kappa shape index (κ1) is 22.2. The molecule has 3 aromatic rings. The Labute approximate surface area is 178 Å². The standard InChI is InChI=1S/C19H19FN2O.C4H4O4/c20-16-6-7-17-18(12-16)23-21-19(17)15-9-11-22(13-15)10-8-14-4-2-1-3-5-14;5-3(6)1-2-4(7)8/h1-7,12,15H,8-11,13H2;1-2H,(H,5,6)(H,7,8)/b;2-1+. The maximum absolute atomic E-state index is 13.3. The summed E-state index contributed by atoms with van der Waals surface area (Å²) in [5.41, 5.74) is 2.89. The van der Waals surface area contributed by atoms with Crippen molar-refractivity contribution in [3.63, 3.8) is 0 Å². The van der Waals surface area contributed by atoms with E-state index in [1.54, 1.807) is 6.07 Å². The third kappa shape index (κ3) is 6.48. The molecule has 0 spiro atoms. The predicted molar refractivity (Wildman–Crippen MR) is 112 cm³/mol. The second-order valence-electron chi connectivity index (χ2n) is 7.24. The molecule has 1 aliphatic heterocycles. The first-order valence-electron chi connectivity index (χ1n) is 9.87. The summed E-state index contributed by atoms with van der Waals surface area (Å²) in [5, 5.41) is 20.8. The fourth-order valence-electron chi connectivity index (χ4n) is 3.56. The molecule has 1 unspecified atom stereocenters. The molecule has 0 saturated carbocycles. The van der Waals surface area contributed by atoms with Crippen LogP contribution >= 0.6 is 0 Å². The Balaban J connectivity index is 0.000000293. The van der Waals surface area contributed by atoms with Gasteiger partial charge in [-0.25, -0.2) is 14.0 Å². The van der Waals surface area contributed by atoms with Crippen LogP contribution < -0.4 is 0 Å². The van der Waals surface area contributed by atoms with Gasteiger partial charge in [0.2, 0.25) is 0 Å². The van der Waals surface area contributed by atoms with Crippen molar-refractivity contribution in [1.82, 2.24) is 10.1 Å². The van der Waals surface area contributed by atoms with Crippen molar-refractivity contribution in [3.05, 3.63) is 77.8 Å². The fraction of sp³-hybridized carbons (Fsp3) is 0.261. The minimum Gasteiger partial charge on any atom is -0.478 e. The van der Waals surface area contributed by atoms with E-state index < -0.39 is 11.9 Å². The van der Waals surface area contributed by atoms with E-state index in [-0.39, 0.29) is 5.82 Å². The smallest absolute Gasteiger partial charge is 0.328 e. The summed E-state index contributed by atoms with van der Waals surface area (Å²) < 4.78 is 18.5. The lowest BCUT2D eigenvalue weighted by atomic mass is 10.0. The monoisotopic (exact) mass is 426 g/mol. The Hall–Kier alpha value is -3.52. The summed E-state index contributed by atoms with van der Waals surface area (Å²) in [5.74, 6) is -2.42. The molecule has 7 nitrogen and oxygen atoms in total. The SMILES string of the molecule is Fc1ccc2c(C3CCN(CCc4ccccc4)C3)noc2c1.O=C(O)/C=C/C(=O)O. The maximum Gasteiger partial charge on any atom is 0.328 e. The normalized spacial score (nSPS) is 16.4. The number of hydrogen-bond acceptors (Lipinski definition) is 5. The molecule has 2 aromatic carbocycles. The number of likely N-dealkylation sites (tertiary alicyclic amines) is 1. The van der Waals surface area contributed by atoms with Gasteiger partial charge in [-0.2, -0.15) is 0 Å². The van der Waals surface area contributed by atoms with Crippen molar-refractivity contribution in [2.75, 3.05) is 19.6 Å². The lowest BCUT2D eigenvalue weighted by Gasteiger charge is -2.15. The highest BCUT2D eigenvalue weighted by atomic mass is 19.1. The van der Waals surface area contributed by atoms with Gasteiger partial charge in [0, 0.05) is 42.6 Å². The Morgan fingerprint density at radius 3 is 2.52 bits per heavy atom. The molecule has 1 aliphatic rings. The van der Waals surface area contributed by atoms with Crippen LogP contribution in [0.2, 0.25) is 0 Å². The van der Waals surface area contributed by atoms with Gasteiger partial charge >= 0.3 is 11.9 Å². The van der Waals surface area contributed by atoms with Gasteiger partial charge in [0.15, 0.2) is 5.58 Å². The van der Waals surface area contributed by atoms with Crippen LogP contribution in [-0.2, 0) is 16.0 Å². The average molecular weight is 426 g/mol. The van der Waals surface area contributed by atoms with Crippen LogP contribution in [0.15, 0.2) is 65.2 Å². The number of halogens is 1. The van der Waals surface area contributed by atoms with Gasteiger partial charge in [-0.05, 0) is 37.1 Å². The van der Waals surface area contributed by atoms with E-state index in [1.807, 2.05) is 6.07 Å². The van der Waals surface area contributed by atoms with Gasteiger partial charge < -0.3 is 19.6 Å². The predicted octanol–water partition coefficient (Wildman–Crippen LogP) is 3.71. The van der Waals surface area contributed by atoms with Gasteiger partial charge in [0.1, 0.15) is 5.82 Å². The summed E-state index contributed by atoms with van der Waals surface area (Å²) in [6.45, 7) is 3.13. The highest BCUT2D eigenvalue weighted by Crippen LogP contribution is 2.32. The van der Waals surface area contributed by atoms with Crippen LogP contribution in [0.3, 0.4) is 0 Å². The van der Waals surface area contributed by atoms with E-state index in [2.05, 4.69) is 34.3 Å². The van der Waals surface area contributed by atoms with E-state index in [0.29, 0.717) is 23.7 Å². The topological polar surface area (TPSA) is 104 Å². The Bertz CT molecular complexity index is 1050. The lowest BCUT2D eigenvalue weighted by Crippen LogP contribution is -2.23. The fourth-order valence-corrected chi connectivity index (χ4v) is 3.56. The van der Waals surface area contributed by atoms with E-state index in [9.17, 15) is 14.0 Å². The molecule has 4 rings (SSSR count). The van der Waals surface area contributed by atoms with E-state index >= 15 is 0 Å². The number of nitrogens with zero attached hydrogens (tertiary/aromatic N) is 2. The van der Waals surface area contributed by atoms with Crippen molar-refractivity contribution in [2.24, 2.45) is 0 Å². The molecule has 31 heavy (non-hydrogen) atoms. The van der Waals surface area contributed by atoms with Crippen molar-refractivity contribution in [3.8, 4) is 0 Å². The van der Waals surface area contributed by atoms with Crippen LogP contribution in [0, 0.1) is 5.82 Å². The first-order chi connectivity index (χ1) is 14.9. The third-order valence-corrected chi connectivity index (χ3v) is 5.05. The number of aliphatic carboxylic acids is 2. The van der Waals surface area contributed by atoms with Gasteiger partial charge in [-0.15, -0.1) is 0 Å². The average Bonchev–Trinajstić information content (AvgIpc) is 3.38. The largest absolute Gasteiger partial charge is 0.478 e. The lowest BCUT2D eigenvalue weighted by molar-refractivity contribution is -0.134. The summed E-state index contributed by atoms with van der Waals surface area (Å²) in [6, 6.07) is 15.2. The summed E-state index contributed by atoms with van der Waals surface area (Å²) >= 11 is 0. The molecule has 2 heterocycles. The summed E-state index contributed by atoms with van der Waals surface area (Å²) in [7, 11) is 0. The zero-order valence-corrected chi connectivity index (χ0v) is 16.8. The molecule has 0 amide bonds. The Kier molecular flexibility index (Phi) is 7.50. The quantitative estimate of drug-likeness (QED) is 0.579. The molecular formula is C23H23FN2O5. The number of fused-ring (bicyclic) bond motifs is 1. The molecule has 1 fully saturated rings. The van der Waals surface area contributed by atoms with Crippen LogP contribution in [0.25, 0.3) is 11.0 Å². The molecule has 1 aromatic heterocycles. The second-order valence-corrected chi connectivity index (χ2v) is 7.24. The van der Waals surface area contributed by atoms with Crippen LogP contribution in [0.4, 0.5) is 4.39 Å². The van der Waals surface area contributed by atoms with Crippen molar-refractivity contribution < 1.29 is 28.7 Å². The molecule has 0 radical (unpaired) electrons. The minimum atomic E-state index is -1.26. The molecule has 0 bridgehead atoms. The molecule has 162 valence electrons. The van der Waals surface area contributed by atoms with E-state index in [0.717, 1.165) is 43.6 Å². The minimum absolute atomic E-state index is 0.281. The number of carboxylic acids is 2. The summed E-state index contributed by atoms with van der Waals surface area (Å²) in [4.78, 5) is 21.6. The van der Waals surface area contributed by atoms with Gasteiger partial charge in [0.25, 0.3) is 0 Å². The molecule has 0 aliphatic carbocycles. The molecule has 8 heteroatoms. The highest BCUT2D eigenvalue weighted by Gasteiger charge is 2.27. The van der Waals surface area contributed by atoms with Crippen molar-refractivity contribution in [2.45, 2.75) is 18.8 Å². The van der Waals surface area contributed by atoms with Crippen LogP contribution in [0.5, 0.6) is 0 Å². The number of benzene rings is 2. The number of carboxylic acid groups (broad SMARTS) is 2. The first-order valence-corrected chi connectivity index (χ1v) is 9.87. The molecule has 1 atom stereocenters. The number of hydrogen-bond donors (Lipinski definition) is 2.